The Morgan fingerprint density at radius 3 is 2.89 bits per heavy atom. The molecule has 1 fully saturated rings. The Hall–Kier alpha value is -0.730. The number of hydrogen-bond donors (Lipinski definition) is 2. The number of halogens is 1. The zero-order valence-electron chi connectivity index (χ0n) is 11.1. The highest BCUT2D eigenvalue weighted by Gasteiger charge is 2.34. The van der Waals surface area contributed by atoms with Gasteiger partial charge in [0, 0.05) is 12.1 Å². The van der Waals surface area contributed by atoms with Gasteiger partial charge in [0.05, 0.1) is 10.7 Å². The Morgan fingerprint density at radius 2 is 2.22 bits per heavy atom. The summed E-state index contributed by atoms with van der Waals surface area (Å²) in [5, 5.41) is 4.40. The first kappa shape index (κ1) is 13.7. The molecule has 0 heterocycles. The molecule has 0 amide bonds. The van der Waals surface area contributed by atoms with Crippen molar-refractivity contribution in [3.05, 3.63) is 29.3 Å². The van der Waals surface area contributed by atoms with Crippen molar-refractivity contribution in [3.63, 3.8) is 0 Å². The minimum atomic E-state index is 0.0317. The highest BCUT2D eigenvalue weighted by Crippen LogP contribution is 2.37. The fourth-order valence-electron chi connectivity index (χ4n) is 3.03. The number of para-hydroxylation sites is 1. The fourth-order valence-corrected chi connectivity index (χ4v) is 3.22. The summed E-state index contributed by atoms with van der Waals surface area (Å²) in [4.78, 5) is 0. The van der Waals surface area contributed by atoms with Crippen molar-refractivity contribution >= 4 is 17.3 Å². The number of nitrogens with one attached hydrogen (secondary N) is 1. The Morgan fingerprint density at radius 1 is 1.44 bits per heavy atom. The first-order chi connectivity index (χ1) is 8.69. The lowest BCUT2D eigenvalue weighted by atomic mass is 9.74. The lowest BCUT2D eigenvalue weighted by Gasteiger charge is -2.41. The molecule has 2 unspecified atom stereocenters. The Bertz CT molecular complexity index is 394. The molecular weight excluding hydrogens is 244 g/mol. The maximum absolute atomic E-state index is 6.23. The van der Waals surface area contributed by atoms with Crippen molar-refractivity contribution in [3.8, 4) is 0 Å². The zero-order valence-corrected chi connectivity index (χ0v) is 11.8. The summed E-state index contributed by atoms with van der Waals surface area (Å²) in [5.74, 6) is 0.789. The van der Waals surface area contributed by atoms with Crippen LogP contribution in [0.5, 0.6) is 0 Å². The van der Waals surface area contributed by atoms with E-state index in [2.05, 4.69) is 12.2 Å². The van der Waals surface area contributed by atoms with Crippen LogP contribution in [-0.2, 0) is 0 Å². The molecule has 2 rings (SSSR count). The average Bonchev–Trinajstić information content (AvgIpc) is 2.42. The lowest BCUT2D eigenvalue weighted by Crippen LogP contribution is -2.49. The molecular formula is C15H23ClN2. The summed E-state index contributed by atoms with van der Waals surface area (Å²) in [5.41, 5.74) is 7.09. The summed E-state index contributed by atoms with van der Waals surface area (Å²) in [6, 6.07) is 7.93. The average molecular weight is 267 g/mol. The molecule has 3 heteroatoms. The van der Waals surface area contributed by atoms with Crippen LogP contribution in [-0.4, -0.2) is 12.1 Å². The van der Waals surface area contributed by atoms with Crippen LogP contribution in [0.1, 0.15) is 39.0 Å². The van der Waals surface area contributed by atoms with E-state index in [-0.39, 0.29) is 5.54 Å². The Balaban J connectivity index is 2.15. The summed E-state index contributed by atoms with van der Waals surface area (Å²) in [7, 11) is 0. The minimum absolute atomic E-state index is 0.0317. The van der Waals surface area contributed by atoms with Crippen LogP contribution in [0.25, 0.3) is 0 Å². The van der Waals surface area contributed by atoms with Gasteiger partial charge in [-0.1, -0.05) is 49.9 Å². The van der Waals surface area contributed by atoms with E-state index in [1.807, 2.05) is 24.3 Å². The molecule has 1 aromatic carbocycles. The summed E-state index contributed by atoms with van der Waals surface area (Å²) < 4.78 is 0. The van der Waals surface area contributed by atoms with E-state index in [1.165, 1.54) is 19.3 Å². The number of anilines is 1. The predicted molar refractivity (Wildman–Crippen MR) is 79.1 cm³/mol. The molecule has 0 radical (unpaired) electrons. The summed E-state index contributed by atoms with van der Waals surface area (Å²) >= 11 is 6.23. The van der Waals surface area contributed by atoms with Gasteiger partial charge in [-0.25, -0.2) is 0 Å². The van der Waals surface area contributed by atoms with Gasteiger partial charge in [0.25, 0.3) is 0 Å². The molecule has 1 saturated carbocycles. The molecule has 1 aromatic rings. The molecule has 100 valence electrons. The monoisotopic (exact) mass is 266 g/mol. The summed E-state index contributed by atoms with van der Waals surface area (Å²) in [6.07, 6.45) is 6.14. The fraction of sp³-hybridized carbons (Fsp3) is 0.600. The Kier molecular flexibility index (Phi) is 4.52. The lowest BCUT2D eigenvalue weighted by molar-refractivity contribution is 0.244. The van der Waals surface area contributed by atoms with E-state index in [9.17, 15) is 0 Å². The number of nitrogens with two attached hydrogens (primary N) is 1. The van der Waals surface area contributed by atoms with Gasteiger partial charge in [0.2, 0.25) is 0 Å². The van der Waals surface area contributed by atoms with Crippen LogP contribution in [0.15, 0.2) is 24.3 Å². The van der Waals surface area contributed by atoms with Crippen molar-refractivity contribution < 1.29 is 0 Å². The van der Waals surface area contributed by atoms with Crippen LogP contribution in [0.3, 0.4) is 0 Å². The number of hydrogen-bond acceptors (Lipinski definition) is 2. The van der Waals surface area contributed by atoms with Gasteiger partial charge in [0.1, 0.15) is 0 Å². The first-order valence-corrected chi connectivity index (χ1v) is 7.30. The van der Waals surface area contributed by atoms with E-state index in [0.29, 0.717) is 6.54 Å². The quantitative estimate of drug-likeness (QED) is 0.863. The van der Waals surface area contributed by atoms with E-state index in [0.717, 1.165) is 29.5 Å². The Labute approximate surface area is 115 Å². The third-order valence-electron chi connectivity index (χ3n) is 4.19. The topological polar surface area (TPSA) is 38.0 Å². The van der Waals surface area contributed by atoms with Crippen LogP contribution in [0, 0.1) is 5.92 Å². The van der Waals surface area contributed by atoms with Crippen LogP contribution in [0.4, 0.5) is 5.69 Å². The predicted octanol–water partition coefficient (Wildman–Crippen LogP) is 4.05. The third kappa shape index (κ3) is 2.99. The van der Waals surface area contributed by atoms with Gasteiger partial charge in [-0.05, 0) is 30.9 Å². The second-order valence-electron chi connectivity index (χ2n) is 5.46. The van der Waals surface area contributed by atoms with E-state index >= 15 is 0 Å². The molecule has 0 saturated heterocycles. The van der Waals surface area contributed by atoms with E-state index in [1.54, 1.807) is 0 Å². The number of rotatable bonds is 4. The van der Waals surface area contributed by atoms with Gasteiger partial charge in [-0.3, -0.25) is 0 Å². The summed E-state index contributed by atoms with van der Waals surface area (Å²) in [6.45, 7) is 2.95. The van der Waals surface area contributed by atoms with Gasteiger partial charge < -0.3 is 11.1 Å². The SMILES string of the molecule is CCC1CCCC(CN)(Nc2ccccc2Cl)C1. The smallest absolute Gasteiger partial charge is 0.0637 e. The molecule has 2 nitrogen and oxygen atoms in total. The molecule has 2 atom stereocenters. The standard InChI is InChI=1S/C15H23ClN2/c1-2-12-6-5-9-15(10-12,11-17)18-14-8-4-3-7-13(14)16/h3-4,7-8,12,18H,2,5-6,9-11,17H2,1H3. The normalized spacial score (nSPS) is 28.1. The third-order valence-corrected chi connectivity index (χ3v) is 4.52. The van der Waals surface area contributed by atoms with Crippen molar-refractivity contribution in [2.45, 2.75) is 44.6 Å². The molecule has 0 aromatic heterocycles. The maximum atomic E-state index is 6.23. The highest BCUT2D eigenvalue weighted by atomic mass is 35.5. The molecule has 0 bridgehead atoms. The molecule has 1 aliphatic carbocycles. The minimum Gasteiger partial charge on any atom is -0.377 e. The van der Waals surface area contributed by atoms with Crippen LogP contribution in [0.2, 0.25) is 5.02 Å². The molecule has 0 aliphatic heterocycles. The molecule has 18 heavy (non-hydrogen) atoms. The highest BCUT2D eigenvalue weighted by molar-refractivity contribution is 6.33. The second-order valence-corrected chi connectivity index (χ2v) is 5.87. The van der Waals surface area contributed by atoms with Crippen molar-refractivity contribution in [2.75, 3.05) is 11.9 Å². The van der Waals surface area contributed by atoms with Crippen molar-refractivity contribution in [1.29, 1.82) is 0 Å². The van der Waals surface area contributed by atoms with Crippen molar-refractivity contribution in [1.82, 2.24) is 0 Å². The first-order valence-electron chi connectivity index (χ1n) is 6.92. The maximum Gasteiger partial charge on any atom is 0.0637 e. The van der Waals surface area contributed by atoms with E-state index < -0.39 is 0 Å². The second kappa shape index (κ2) is 5.94. The molecule has 3 N–H and O–H groups in total. The van der Waals surface area contributed by atoms with Gasteiger partial charge >= 0.3 is 0 Å². The van der Waals surface area contributed by atoms with Crippen molar-refractivity contribution in [2.24, 2.45) is 11.7 Å². The van der Waals surface area contributed by atoms with E-state index in [4.69, 9.17) is 17.3 Å². The van der Waals surface area contributed by atoms with Gasteiger partial charge in [-0.15, -0.1) is 0 Å². The largest absolute Gasteiger partial charge is 0.377 e. The van der Waals surface area contributed by atoms with Gasteiger partial charge in [-0.2, -0.15) is 0 Å². The van der Waals surface area contributed by atoms with Gasteiger partial charge in [0.15, 0.2) is 0 Å². The van der Waals surface area contributed by atoms with Crippen LogP contribution >= 0.6 is 11.6 Å². The van der Waals surface area contributed by atoms with Crippen LogP contribution < -0.4 is 11.1 Å². The molecule has 1 aliphatic rings. The zero-order chi connectivity index (χ0) is 13.0. The number of benzene rings is 1. The molecule has 0 spiro atoms.